The Morgan fingerprint density at radius 3 is 2.74 bits per heavy atom. The lowest BCUT2D eigenvalue weighted by Gasteiger charge is -2.31. The molecule has 2 saturated heterocycles. The minimum absolute atomic E-state index is 0.0749. The smallest absolute Gasteiger partial charge is 0.320 e. The highest BCUT2D eigenvalue weighted by Crippen LogP contribution is 2.45. The van der Waals surface area contributed by atoms with E-state index in [0.29, 0.717) is 25.3 Å². The number of amides is 3. The third-order valence-corrected chi connectivity index (χ3v) is 6.01. The summed E-state index contributed by atoms with van der Waals surface area (Å²) in [7, 11) is 3.44. The van der Waals surface area contributed by atoms with E-state index in [4.69, 9.17) is 0 Å². The lowest BCUT2D eigenvalue weighted by atomic mass is 9.89. The van der Waals surface area contributed by atoms with E-state index in [9.17, 15) is 14.0 Å². The second kappa shape index (κ2) is 6.92. The molecule has 4 rings (SSSR count). The van der Waals surface area contributed by atoms with E-state index in [0.717, 1.165) is 5.56 Å². The van der Waals surface area contributed by atoms with Crippen molar-refractivity contribution in [2.45, 2.75) is 6.04 Å². The van der Waals surface area contributed by atoms with Gasteiger partial charge in [0.05, 0.1) is 11.6 Å². The van der Waals surface area contributed by atoms with E-state index in [1.54, 1.807) is 36.0 Å². The molecule has 0 unspecified atom stereocenters. The zero-order chi connectivity index (χ0) is 19.1. The van der Waals surface area contributed by atoms with E-state index in [1.807, 2.05) is 15.9 Å². The fourth-order valence-corrected chi connectivity index (χ4v) is 4.79. The molecule has 0 radical (unpaired) electrons. The Morgan fingerprint density at radius 2 is 2.07 bits per heavy atom. The molecule has 0 spiro atoms. The molecule has 0 N–H and O–H groups in total. The number of hydrogen-bond acceptors (Lipinski definition) is 4. The van der Waals surface area contributed by atoms with E-state index in [-0.39, 0.29) is 35.6 Å². The lowest BCUT2D eigenvalue weighted by Crippen LogP contribution is -2.42. The molecule has 142 valence electrons. The Bertz CT molecular complexity index is 857. The first-order valence-corrected chi connectivity index (χ1v) is 9.81. The van der Waals surface area contributed by atoms with Crippen LogP contribution in [0, 0.1) is 17.7 Å². The van der Waals surface area contributed by atoms with Crippen molar-refractivity contribution in [3.8, 4) is 0 Å². The fraction of sp³-hybridized carbons (Fsp3) is 0.421. The number of thiazole rings is 1. The highest BCUT2D eigenvalue weighted by atomic mass is 32.1. The zero-order valence-electron chi connectivity index (χ0n) is 15.2. The molecule has 2 aromatic rings. The van der Waals surface area contributed by atoms with Crippen molar-refractivity contribution >= 4 is 23.3 Å². The van der Waals surface area contributed by atoms with Crippen LogP contribution < -0.4 is 0 Å². The maximum Gasteiger partial charge on any atom is 0.320 e. The van der Waals surface area contributed by atoms with Gasteiger partial charge in [-0.2, -0.15) is 0 Å². The number of nitrogens with zero attached hydrogens (tertiary/aromatic N) is 4. The van der Waals surface area contributed by atoms with Crippen LogP contribution in [0.15, 0.2) is 35.2 Å². The second-order valence-electron chi connectivity index (χ2n) is 7.34. The number of halogens is 1. The first-order valence-electron chi connectivity index (χ1n) is 8.86. The van der Waals surface area contributed by atoms with Crippen molar-refractivity contribution in [3.63, 3.8) is 0 Å². The number of rotatable bonds is 2. The van der Waals surface area contributed by atoms with Gasteiger partial charge < -0.3 is 14.7 Å². The molecular formula is C19H21FN4O2S. The van der Waals surface area contributed by atoms with Crippen LogP contribution >= 0.6 is 11.3 Å². The Labute approximate surface area is 161 Å². The maximum absolute atomic E-state index is 13.9. The number of carbonyl (C=O) groups excluding carboxylic acids is 2. The van der Waals surface area contributed by atoms with Crippen LogP contribution in [-0.4, -0.2) is 65.4 Å². The molecular weight excluding hydrogens is 367 g/mol. The molecule has 27 heavy (non-hydrogen) atoms. The number of hydrogen-bond donors (Lipinski definition) is 0. The Morgan fingerprint density at radius 1 is 1.26 bits per heavy atom. The van der Waals surface area contributed by atoms with Crippen LogP contribution in [-0.2, 0) is 0 Å². The molecule has 3 atom stereocenters. The molecule has 0 aliphatic carbocycles. The van der Waals surface area contributed by atoms with E-state index in [2.05, 4.69) is 4.98 Å². The summed E-state index contributed by atoms with van der Waals surface area (Å²) in [5.74, 6) is -0.140. The molecule has 0 bridgehead atoms. The summed E-state index contributed by atoms with van der Waals surface area (Å²) in [5, 5.41) is 1.75. The standard InChI is InChI=1S/C19H21FN4O2S/c1-22(2)19(26)24-8-13-7-23(18(25)16-10-27-11-21-16)9-15(13)17(24)12-4-3-5-14(20)6-12/h3-6,10-11,13,15,17H,7-9H2,1-2H3/t13-,15-,17+/m1/s1. The second-order valence-corrected chi connectivity index (χ2v) is 8.06. The summed E-state index contributed by atoms with van der Waals surface area (Å²) in [6, 6.07) is 6.10. The third-order valence-electron chi connectivity index (χ3n) is 5.42. The number of fused-ring (bicyclic) bond motifs is 1. The molecule has 8 heteroatoms. The quantitative estimate of drug-likeness (QED) is 0.795. The van der Waals surface area contributed by atoms with Crippen LogP contribution in [0.4, 0.5) is 9.18 Å². The van der Waals surface area contributed by atoms with Crippen LogP contribution in [0.2, 0.25) is 0 Å². The first kappa shape index (κ1) is 17.9. The monoisotopic (exact) mass is 388 g/mol. The number of benzene rings is 1. The van der Waals surface area contributed by atoms with Crippen molar-refractivity contribution in [2.24, 2.45) is 11.8 Å². The van der Waals surface area contributed by atoms with Crippen molar-refractivity contribution in [1.29, 1.82) is 0 Å². The molecule has 2 aliphatic rings. The average molecular weight is 388 g/mol. The minimum atomic E-state index is -0.318. The third kappa shape index (κ3) is 3.18. The van der Waals surface area contributed by atoms with E-state index >= 15 is 0 Å². The highest BCUT2D eigenvalue weighted by Gasteiger charge is 2.50. The zero-order valence-corrected chi connectivity index (χ0v) is 16.0. The van der Waals surface area contributed by atoms with Gasteiger partial charge in [0.1, 0.15) is 11.5 Å². The summed E-state index contributed by atoms with van der Waals surface area (Å²) in [6.45, 7) is 1.69. The molecule has 3 amide bonds. The van der Waals surface area contributed by atoms with Gasteiger partial charge in [-0.05, 0) is 17.7 Å². The summed E-state index contributed by atoms with van der Waals surface area (Å²) < 4.78 is 13.9. The largest absolute Gasteiger partial charge is 0.337 e. The van der Waals surface area contributed by atoms with Crippen molar-refractivity contribution in [3.05, 3.63) is 52.2 Å². The molecule has 1 aromatic carbocycles. The first-order chi connectivity index (χ1) is 13.0. The van der Waals surface area contributed by atoms with Gasteiger partial charge in [-0.3, -0.25) is 4.79 Å². The molecule has 0 saturated carbocycles. The molecule has 6 nitrogen and oxygen atoms in total. The predicted molar refractivity (Wildman–Crippen MR) is 99.9 cm³/mol. The van der Waals surface area contributed by atoms with Crippen LogP contribution in [0.25, 0.3) is 0 Å². The average Bonchev–Trinajstić information content (AvgIpc) is 3.35. The van der Waals surface area contributed by atoms with Crippen LogP contribution in [0.5, 0.6) is 0 Å². The van der Waals surface area contributed by atoms with Gasteiger partial charge in [0.2, 0.25) is 0 Å². The van der Waals surface area contributed by atoms with Gasteiger partial charge in [0.25, 0.3) is 5.91 Å². The highest BCUT2D eigenvalue weighted by molar-refractivity contribution is 7.07. The molecule has 3 heterocycles. The minimum Gasteiger partial charge on any atom is -0.337 e. The number of urea groups is 1. The van der Waals surface area contributed by atoms with Crippen molar-refractivity contribution < 1.29 is 14.0 Å². The van der Waals surface area contributed by atoms with E-state index in [1.165, 1.54) is 23.5 Å². The SMILES string of the molecule is CN(C)C(=O)N1C[C@H]2CN(C(=O)c3cscn3)C[C@H]2[C@@H]1c1cccc(F)c1. The number of carbonyl (C=O) groups is 2. The van der Waals surface area contributed by atoms with Gasteiger partial charge in [-0.25, -0.2) is 14.2 Å². The normalized spacial score (nSPS) is 24.2. The van der Waals surface area contributed by atoms with Crippen molar-refractivity contribution in [2.75, 3.05) is 33.7 Å². The van der Waals surface area contributed by atoms with Gasteiger partial charge in [0.15, 0.2) is 0 Å². The number of likely N-dealkylation sites (tertiary alicyclic amines) is 2. The summed E-state index contributed by atoms with van der Waals surface area (Å²) >= 11 is 1.40. The Hall–Kier alpha value is -2.48. The maximum atomic E-state index is 13.9. The van der Waals surface area contributed by atoms with Gasteiger partial charge >= 0.3 is 6.03 Å². The summed E-state index contributed by atoms with van der Waals surface area (Å²) in [6.07, 6.45) is 0. The predicted octanol–water partition coefficient (Wildman–Crippen LogP) is 2.71. The number of aromatic nitrogens is 1. The van der Waals surface area contributed by atoms with Crippen LogP contribution in [0.1, 0.15) is 22.1 Å². The lowest BCUT2D eigenvalue weighted by molar-refractivity contribution is 0.0761. The Kier molecular flexibility index (Phi) is 4.59. The topological polar surface area (TPSA) is 56.8 Å². The molecule has 2 fully saturated rings. The summed E-state index contributed by atoms with van der Waals surface area (Å²) in [5.41, 5.74) is 2.89. The van der Waals surface area contributed by atoms with Gasteiger partial charge in [-0.15, -0.1) is 11.3 Å². The van der Waals surface area contributed by atoms with Crippen LogP contribution in [0.3, 0.4) is 0 Å². The molecule has 1 aromatic heterocycles. The Balaban J connectivity index is 1.63. The van der Waals surface area contributed by atoms with Gasteiger partial charge in [0, 0.05) is 50.9 Å². The fourth-order valence-electron chi connectivity index (χ4n) is 4.26. The van der Waals surface area contributed by atoms with E-state index < -0.39 is 0 Å². The molecule has 2 aliphatic heterocycles. The van der Waals surface area contributed by atoms with Crippen molar-refractivity contribution in [1.82, 2.24) is 19.7 Å². The summed E-state index contributed by atoms with van der Waals surface area (Å²) in [4.78, 5) is 34.7. The van der Waals surface area contributed by atoms with Gasteiger partial charge in [-0.1, -0.05) is 12.1 Å².